The molecule has 5 aromatic rings. The van der Waals surface area contributed by atoms with Crippen molar-refractivity contribution < 1.29 is 17.9 Å². The first-order chi connectivity index (χ1) is 21.2. The summed E-state index contributed by atoms with van der Waals surface area (Å²) < 4.78 is 41.8. The molecule has 44 heavy (non-hydrogen) atoms. The van der Waals surface area contributed by atoms with Crippen molar-refractivity contribution in [2.45, 2.75) is 23.8 Å². The summed E-state index contributed by atoms with van der Waals surface area (Å²) in [7, 11) is -0.940. The number of nitrogen functional groups attached to an aromatic ring is 1. The lowest BCUT2D eigenvalue weighted by Crippen LogP contribution is -2.31. The molecule has 0 aliphatic carbocycles. The van der Waals surface area contributed by atoms with Crippen LogP contribution in [0.4, 0.5) is 0 Å². The third-order valence-corrected chi connectivity index (χ3v) is 8.80. The van der Waals surface area contributed by atoms with Crippen molar-refractivity contribution in [3.63, 3.8) is 0 Å². The van der Waals surface area contributed by atoms with Crippen LogP contribution in [0.5, 0.6) is 11.5 Å². The van der Waals surface area contributed by atoms with Gasteiger partial charge < -0.3 is 20.9 Å². The van der Waals surface area contributed by atoms with Crippen molar-refractivity contribution in [2.24, 2.45) is 11.5 Å². The van der Waals surface area contributed by atoms with Crippen molar-refractivity contribution in [1.29, 1.82) is 5.41 Å². The number of amidine groups is 1. The van der Waals surface area contributed by atoms with E-state index >= 15 is 0 Å². The average Bonchev–Trinajstić information content (AvgIpc) is 3.04. The number of sulfonamides is 1. The fourth-order valence-electron chi connectivity index (χ4n) is 5.14. The van der Waals surface area contributed by atoms with Gasteiger partial charge in [0.05, 0.1) is 36.4 Å². The molecule has 1 heterocycles. The van der Waals surface area contributed by atoms with Crippen LogP contribution in [0.2, 0.25) is 0 Å². The number of benzene rings is 4. The molecular formula is C33H34N6O4S. The fourth-order valence-corrected chi connectivity index (χ4v) is 6.39. The highest BCUT2D eigenvalue weighted by Crippen LogP contribution is 2.35. The van der Waals surface area contributed by atoms with E-state index in [1.807, 2.05) is 36.4 Å². The summed E-state index contributed by atoms with van der Waals surface area (Å²) >= 11 is 0. The SMILES string of the molecule is COc1ccc(-c2cccc(S(=O)(=O)NC(Cc3cccc(C(=N)N)c3)c3ncnc4cc(CCN)ccc34)c2)c(OC)c1. The second-order valence-corrected chi connectivity index (χ2v) is 11.9. The Morgan fingerprint density at radius 3 is 2.50 bits per heavy atom. The van der Waals surface area contributed by atoms with Crippen molar-refractivity contribution in [3.8, 4) is 22.6 Å². The van der Waals surface area contributed by atoms with Crippen LogP contribution in [0.3, 0.4) is 0 Å². The number of hydrogen-bond acceptors (Lipinski definition) is 8. The quantitative estimate of drug-likeness (QED) is 0.119. The molecule has 0 radical (unpaired) electrons. The molecule has 0 aliphatic rings. The van der Waals surface area contributed by atoms with E-state index in [-0.39, 0.29) is 17.2 Å². The van der Waals surface area contributed by atoms with Crippen LogP contribution in [-0.4, -0.2) is 45.0 Å². The van der Waals surface area contributed by atoms with Gasteiger partial charge in [0.15, 0.2) is 0 Å². The molecule has 1 unspecified atom stereocenters. The number of nitrogens with two attached hydrogens (primary N) is 2. The summed E-state index contributed by atoms with van der Waals surface area (Å²) in [4.78, 5) is 9.09. The van der Waals surface area contributed by atoms with Crippen LogP contribution in [0.25, 0.3) is 22.0 Å². The molecule has 0 aliphatic heterocycles. The van der Waals surface area contributed by atoms with E-state index in [9.17, 15) is 8.42 Å². The largest absolute Gasteiger partial charge is 0.497 e. The van der Waals surface area contributed by atoms with Gasteiger partial charge in [0.1, 0.15) is 23.7 Å². The molecule has 6 N–H and O–H groups in total. The number of aromatic nitrogens is 2. The lowest BCUT2D eigenvalue weighted by molar-refractivity contribution is 0.395. The molecule has 0 spiro atoms. The Labute approximate surface area is 256 Å². The summed E-state index contributed by atoms with van der Waals surface area (Å²) in [6.07, 6.45) is 2.38. The standard InChI is InChI=1S/C33H34N6O4S/c1-42-25-10-12-27(31(19-25)43-2)23-6-4-8-26(18-23)44(40,41)39-30(17-22-5-3-7-24(15-22)33(35)36)32-28-11-9-21(13-14-34)16-29(28)37-20-38-32/h3-12,15-16,18-20,30,39H,13-14,17,34H2,1-2H3,(H3,35,36). The number of hydrogen-bond donors (Lipinski definition) is 4. The minimum atomic E-state index is -4.06. The third kappa shape index (κ3) is 6.70. The Morgan fingerprint density at radius 2 is 1.75 bits per heavy atom. The Balaban J connectivity index is 1.57. The van der Waals surface area contributed by atoms with Gasteiger partial charge in [-0.05, 0) is 72.5 Å². The number of rotatable bonds is 12. The molecule has 0 saturated carbocycles. The Kier molecular flexibility index (Phi) is 9.19. The molecule has 1 atom stereocenters. The van der Waals surface area contributed by atoms with E-state index in [0.717, 1.165) is 22.1 Å². The minimum Gasteiger partial charge on any atom is -0.497 e. The zero-order valence-electron chi connectivity index (χ0n) is 24.4. The predicted molar refractivity (Wildman–Crippen MR) is 172 cm³/mol. The van der Waals surface area contributed by atoms with Gasteiger partial charge in [0.25, 0.3) is 0 Å². The van der Waals surface area contributed by atoms with E-state index in [0.29, 0.717) is 46.8 Å². The number of ether oxygens (including phenoxy) is 2. The van der Waals surface area contributed by atoms with Crippen LogP contribution in [0.1, 0.15) is 28.4 Å². The van der Waals surface area contributed by atoms with E-state index in [4.69, 9.17) is 26.4 Å². The highest BCUT2D eigenvalue weighted by atomic mass is 32.2. The number of nitrogens with one attached hydrogen (secondary N) is 2. The van der Waals surface area contributed by atoms with Crippen LogP contribution in [-0.2, 0) is 22.9 Å². The predicted octanol–water partition coefficient (Wildman–Crippen LogP) is 4.36. The highest BCUT2D eigenvalue weighted by molar-refractivity contribution is 7.89. The zero-order chi connectivity index (χ0) is 31.3. The second-order valence-electron chi connectivity index (χ2n) is 10.2. The zero-order valence-corrected chi connectivity index (χ0v) is 25.3. The van der Waals surface area contributed by atoms with Crippen molar-refractivity contribution in [1.82, 2.24) is 14.7 Å². The maximum atomic E-state index is 14.0. The highest BCUT2D eigenvalue weighted by Gasteiger charge is 2.26. The van der Waals surface area contributed by atoms with E-state index in [1.165, 1.54) is 6.33 Å². The average molecular weight is 611 g/mol. The lowest BCUT2D eigenvalue weighted by atomic mass is 9.98. The third-order valence-electron chi connectivity index (χ3n) is 7.33. The van der Waals surface area contributed by atoms with Gasteiger partial charge in [-0.15, -0.1) is 0 Å². The first-order valence-corrected chi connectivity index (χ1v) is 15.4. The van der Waals surface area contributed by atoms with Crippen LogP contribution in [0.15, 0.2) is 96.2 Å². The van der Waals surface area contributed by atoms with Gasteiger partial charge in [-0.2, -0.15) is 0 Å². The Bertz CT molecular complexity index is 1930. The van der Waals surface area contributed by atoms with Gasteiger partial charge >= 0.3 is 0 Å². The van der Waals surface area contributed by atoms with Crippen molar-refractivity contribution in [3.05, 3.63) is 114 Å². The van der Waals surface area contributed by atoms with Crippen LogP contribution in [0, 0.1) is 5.41 Å². The van der Waals surface area contributed by atoms with Gasteiger partial charge in [-0.3, -0.25) is 5.41 Å². The normalized spacial score (nSPS) is 12.2. The Morgan fingerprint density at radius 1 is 0.932 bits per heavy atom. The molecule has 1 aromatic heterocycles. The second kappa shape index (κ2) is 13.2. The Hall–Kier alpha value is -4.84. The van der Waals surface area contributed by atoms with Crippen LogP contribution >= 0.6 is 0 Å². The molecule has 4 aromatic carbocycles. The summed E-state index contributed by atoms with van der Waals surface area (Å²) in [5, 5.41) is 8.58. The lowest BCUT2D eigenvalue weighted by Gasteiger charge is -2.21. The smallest absolute Gasteiger partial charge is 0.241 e. The number of nitrogens with zero attached hydrogens (tertiary/aromatic N) is 2. The van der Waals surface area contributed by atoms with Gasteiger partial charge in [0.2, 0.25) is 10.0 Å². The molecule has 5 rings (SSSR count). The topological polar surface area (TPSA) is 166 Å². The summed E-state index contributed by atoms with van der Waals surface area (Å²) in [5.74, 6) is 1.10. The molecule has 10 nitrogen and oxygen atoms in total. The fraction of sp³-hybridized carbons (Fsp3) is 0.182. The summed E-state index contributed by atoms with van der Waals surface area (Å²) in [6, 6.07) is 24.3. The van der Waals surface area contributed by atoms with E-state index in [2.05, 4.69) is 14.7 Å². The van der Waals surface area contributed by atoms with Crippen LogP contribution < -0.4 is 25.7 Å². The molecule has 11 heteroatoms. The monoisotopic (exact) mass is 610 g/mol. The summed E-state index contributed by atoms with van der Waals surface area (Å²) in [5.41, 5.74) is 16.5. The molecule has 0 bridgehead atoms. The molecule has 0 saturated heterocycles. The van der Waals surface area contributed by atoms with Crippen molar-refractivity contribution in [2.75, 3.05) is 20.8 Å². The van der Waals surface area contributed by atoms with E-state index < -0.39 is 16.1 Å². The molecule has 0 amide bonds. The molecule has 226 valence electrons. The summed E-state index contributed by atoms with van der Waals surface area (Å²) in [6.45, 7) is 0.500. The minimum absolute atomic E-state index is 0.0744. The maximum absolute atomic E-state index is 14.0. The number of fused-ring (bicyclic) bond motifs is 1. The first kappa shape index (κ1) is 30.6. The number of methoxy groups -OCH3 is 2. The van der Waals surface area contributed by atoms with Gasteiger partial charge in [-0.1, -0.05) is 42.5 Å². The van der Waals surface area contributed by atoms with Gasteiger partial charge in [-0.25, -0.2) is 23.1 Å². The van der Waals surface area contributed by atoms with E-state index in [1.54, 1.807) is 62.8 Å². The van der Waals surface area contributed by atoms with Gasteiger partial charge in [0, 0.05) is 22.6 Å². The maximum Gasteiger partial charge on any atom is 0.241 e. The molecular weight excluding hydrogens is 576 g/mol. The van der Waals surface area contributed by atoms with Crippen molar-refractivity contribution >= 4 is 26.8 Å². The first-order valence-electron chi connectivity index (χ1n) is 13.9. The molecule has 0 fully saturated rings.